The molecule has 8 nitrogen and oxygen atoms in total. The van der Waals surface area contributed by atoms with Gasteiger partial charge in [-0.25, -0.2) is 5.43 Å². The molecule has 3 rings (SSSR count). The molecule has 0 bridgehead atoms. The Balaban J connectivity index is 1.51. The van der Waals surface area contributed by atoms with E-state index in [0.717, 1.165) is 5.56 Å². The van der Waals surface area contributed by atoms with E-state index in [1.54, 1.807) is 74.9 Å². The number of hydrogen-bond acceptors (Lipinski definition) is 6. The molecule has 0 saturated carbocycles. The number of ether oxygens (including phenoxy) is 3. The molecule has 0 heterocycles. The van der Waals surface area contributed by atoms with Crippen molar-refractivity contribution in [2.45, 2.75) is 6.92 Å². The van der Waals surface area contributed by atoms with E-state index in [1.165, 1.54) is 6.21 Å². The molecule has 0 atom stereocenters. The van der Waals surface area contributed by atoms with Crippen LogP contribution in [-0.4, -0.2) is 38.9 Å². The minimum Gasteiger partial charge on any atom is -0.497 e. The van der Waals surface area contributed by atoms with Crippen LogP contribution in [0.4, 0.5) is 5.69 Å². The van der Waals surface area contributed by atoms with Gasteiger partial charge in [-0.2, -0.15) is 5.10 Å². The maximum Gasteiger partial charge on any atom is 0.277 e. The average molecular weight is 482 g/mol. The number of carbonyl (C=O) groups is 2. The highest BCUT2D eigenvalue weighted by atomic mass is 35.5. The molecule has 0 aliphatic heterocycles. The Kier molecular flexibility index (Phi) is 8.48. The minimum absolute atomic E-state index is 0.250. The van der Waals surface area contributed by atoms with E-state index in [2.05, 4.69) is 15.8 Å². The van der Waals surface area contributed by atoms with Crippen molar-refractivity contribution in [1.29, 1.82) is 0 Å². The lowest BCUT2D eigenvalue weighted by molar-refractivity contribution is -0.123. The first-order valence-corrected chi connectivity index (χ1v) is 10.6. The fraction of sp³-hybridized carbons (Fsp3) is 0.160. The molecule has 0 spiro atoms. The highest BCUT2D eigenvalue weighted by Gasteiger charge is 2.10. The van der Waals surface area contributed by atoms with Crippen molar-refractivity contribution in [2.75, 3.05) is 26.1 Å². The van der Waals surface area contributed by atoms with Crippen LogP contribution >= 0.6 is 11.6 Å². The zero-order chi connectivity index (χ0) is 24.5. The van der Waals surface area contributed by atoms with E-state index in [-0.39, 0.29) is 12.5 Å². The summed E-state index contributed by atoms with van der Waals surface area (Å²) in [5.41, 5.74) is 4.90. The van der Waals surface area contributed by atoms with E-state index < -0.39 is 5.91 Å². The number of nitrogens with zero attached hydrogens (tertiary/aromatic N) is 1. The first-order valence-electron chi connectivity index (χ1n) is 10.2. The predicted octanol–water partition coefficient (Wildman–Crippen LogP) is 4.45. The van der Waals surface area contributed by atoms with Crippen molar-refractivity contribution in [2.24, 2.45) is 5.10 Å². The molecule has 2 amide bonds. The lowest BCUT2D eigenvalue weighted by Gasteiger charge is -2.10. The standard InChI is InChI=1S/C25H24ClN3O5/c1-16-21(26)5-4-6-22(16)28-25(31)17-7-9-19(10-8-17)34-15-24(30)29-27-14-18-13-20(32-2)11-12-23(18)33-3/h4-14H,15H2,1-3H3,(H,28,31)(H,29,30)/b27-14+. The van der Waals surface area contributed by atoms with E-state index in [9.17, 15) is 9.59 Å². The zero-order valence-corrected chi connectivity index (χ0v) is 19.7. The van der Waals surface area contributed by atoms with Crippen LogP contribution in [0.25, 0.3) is 0 Å². The third kappa shape index (κ3) is 6.49. The lowest BCUT2D eigenvalue weighted by Crippen LogP contribution is -2.24. The number of halogens is 1. The Labute approximate surface area is 202 Å². The number of anilines is 1. The highest BCUT2D eigenvalue weighted by molar-refractivity contribution is 6.31. The topological polar surface area (TPSA) is 98.2 Å². The van der Waals surface area contributed by atoms with Crippen LogP contribution in [0, 0.1) is 6.92 Å². The summed E-state index contributed by atoms with van der Waals surface area (Å²) >= 11 is 6.09. The lowest BCUT2D eigenvalue weighted by atomic mass is 10.1. The molecule has 9 heteroatoms. The number of amides is 2. The molecule has 0 aromatic heterocycles. The van der Waals surface area contributed by atoms with Crippen molar-refractivity contribution in [3.05, 3.63) is 82.4 Å². The average Bonchev–Trinajstić information content (AvgIpc) is 2.85. The van der Waals surface area contributed by atoms with E-state index in [4.69, 9.17) is 25.8 Å². The number of rotatable bonds is 9. The molecule has 176 valence electrons. The molecule has 3 aromatic rings. The predicted molar refractivity (Wildman–Crippen MR) is 131 cm³/mol. The van der Waals surface area contributed by atoms with E-state index in [0.29, 0.717) is 39.1 Å². The Morgan fingerprint density at radius 1 is 1.00 bits per heavy atom. The Morgan fingerprint density at radius 2 is 1.74 bits per heavy atom. The number of hydrogen-bond donors (Lipinski definition) is 2. The van der Waals surface area contributed by atoms with Crippen LogP contribution in [0.3, 0.4) is 0 Å². The molecular weight excluding hydrogens is 458 g/mol. The molecular formula is C25H24ClN3O5. The quantitative estimate of drug-likeness (QED) is 0.347. The van der Waals surface area contributed by atoms with Crippen molar-refractivity contribution in [1.82, 2.24) is 5.43 Å². The van der Waals surface area contributed by atoms with Gasteiger partial charge < -0.3 is 19.5 Å². The van der Waals surface area contributed by atoms with Gasteiger partial charge in [-0.3, -0.25) is 9.59 Å². The molecule has 0 radical (unpaired) electrons. The fourth-order valence-corrected chi connectivity index (χ4v) is 3.11. The molecule has 3 aromatic carbocycles. The van der Waals surface area contributed by atoms with Gasteiger partial charge in [0.2, 0.25) is 0 Å². The fourth-order valence-electron chi connectivity index (χ4n) is 2.94. The summed E-state index contributed by atoms with van der Waals surface area (Å²) in [5, 5.41) is 7.33. The van der Waals surface area contributed by atoms with Crippen LogP contribution < -0.4 is 25.0 Å². The second-order valence-electron chi connectivity index (χ2n) is 7.08. The molecule has 0 saturated heterocycles. The maximum atomic E-state index is 12.5. The number of benzene rings is 3. The number of carbonyl (C=O) groups excluding carboxylic acids is 2. The zero-order valence-electron chi connectivity index (χ0n) is 18.9. The molecule has 0 unspecified atom stereocenters. The van der Waals surface area contributed by atoms with E-state index in [1.807, 2.05) is 6.92 Å². The Bertz CT molecular complexity index is 1200. The normalized spacial score (nSPS) is 10.6. The van der Waals surface area contributed by atoms with Crippen LogP contribution in [0.15, 0.2) is 65.8 Å². The monoisotopic (exact) mass is 481 g/mol. The summed E-state index contributed by atoms with van der Waals surface area (Å²) < 4.78 is 15.9. The third-order valence-electron chi connectivity index (χ3n) is 4.83. The summed E-state index contributed by atoms with van der Waals surface area (Å²) in [6, 6.07) is 17.0. The van der Waals surface area contributed by atoms with Gasteiger partial charge in [0.25, 0.3) is 11.8 Å². The Hall–Kier alpha value is -4.04. The SMILES string of the molecule is COc1ccc(OC)c(/C=N/NC(=O)COc2ccc(C(=O)Nc3cccc(Cl)c3C)cc2)c1. The van der Waals surface area contributed by atoms with Gasteiger partial charge in [-0.1, -0.05) is 17.7 Å². The molecule has 0 aliphatic rings. The summed E-state index contributed by atoms with van der Waals surface area (Å²) in [5.74, 6) is 0.929. The Morgan fingerprint density at radius 3 is 2.44 bits per heavy atom. The van der Waals surface area contributed by atoms with Gasteiger partial charge >= 0.3 is 0 Å². The van der Waals surface area contributed by atoms with Gasteiger partial charge in [-0.05, 0) is 67.1 Å². The second kappa shape index (κ2) is 11.7. The van der Waals surface area contributed by atoms with Gasteiger partial charge in [0.05, 0.1) is 20.4 Å². The smallest absolute Gasteiger partial charge is 0.277 e. The largest absolute Gasteiger partial charge is 0.497 e. The number of methoxy groups -OCH3 is 2. The first-order chi connectivity index (χ1) is 16.4. The minimum atomic E-state index is -0.448. The van der Waals surface area contributed by atoms with E-state index >= 15 is 0 Å². The summed E-state index contributed by atoms with van der Waals surface area (Å²) in [7, 11) is 3.10. The second-order valence-corrected chi connectivity index (χ2v) is 7.49. The number of nitrogens with one attached hydrogen (secondary N) is 2. The van der Waals surface area contributed by atoms with Gasteiger partial charge in [0.1, 0.15) is 17.2 Å². The van der Waals surface area contributed by atoms with Crippen LogP contribution in [0.2, 0.25) is 5.02 Å². The summed E-state index contributed by atoms with van der Waals surface area (Å²) in [6.07, 6.45) is 1.45. The van der Waals surface area contributed by atoms with Gasteiger partial charge in [0.15, 0.2) is 6.61 Å². The molecule has 0 fully saturated rings. The van der Waals surface area contributed by atoms with Crippen molar-refractivity contribution in [3.8, 4) is 17.2 Å². The van der Waals surface area contributed by atoms with Crippen molar-refractivity contribution < 1.29 is 23.8 Å². The van der Waals surface area contributed by atoms with Crippen LogP contribution in [-0.2, 0) is 4.79 Å². The number of hydrazone groups is 1. The summed E-state index contributed by atoms with van der Waals surface area (Å²) in [4.78, 5) is 24.5. The van der Waals surface area contributed by atoms with Crippen molar-refractivity contribution >= 4 is 35.3 Å². The molecule has 34 heavy (non-hydrogen) atoms. The third-order valence-corrected chi connectivity index (χ3v) is 5.24. The van der Waals surface area contributed by atoms with Gasteiger partial charge in [0, 0.05) is 21.8 Å². The molecule has 0 aliphatic carbocycles. The van der Waals surface area contributed by atoms with Crippen LogP contribution in [0.5, 0.6) is 17.2 Å². The molecule has 2 N–H and O–H groups in total. The highest BCUT2D eigenvalue weighted by Crippen LogP contribution is 2.24. The first kappa shape index (κ1) is 24.6. The summed E-state index contributed by atoms with van der Waals surface area (Å²) in [6.45, 7) is 1.58. The van der Waals surface area contributed by atoms with Crippen molar-refractivity contribution in [3.63, 3.8) is 0 Å². The van der Waals surface area contributed by atoms with Gasteiger partial charge in [-0.15, -0.1) is 0 Å². The van der Waals surface area contributed by atoms with Crippen LogP contribution in [0.1, 0.15) is 21.5 Å². The maximum absolute atomic E-state index is 12.5.